The van der Waals surface area contributed by atoms with E-state index < -0.39 is 6.67 Å². The lowest BCUT2D eigenvalue weighted by atomic mass is 9.95. The van der Waals surface area contributed by atoms with E-state index in [9.17, 15) is 4.39 Å². The van der Waals surface area contributed by atoms with E-state index in [4.69, 9.17) is 18.9 Å². The van der Waals surface area contributed by atoms with Crippen molar-refractivity contribution < 1.29 is 40.3 Å². The molecule has 2 aliphatic rings. The highest BCUT2D eigenvalue weighted by atomic mass is 35.5. The number of halogens is 2. The summed E-state index contributed by atoms with van der Waals surface area (Å²) in [6.07, 6.45) is 3.40. The summed E-state index contributed by atoms with van der Waals surface area (Å²) in [7, 11) is 1.64. The molecular formula is C22H21ClFNO4. The Morgan fingerprint density at radius 3 is 2.76 bits per heavy atom. The Hall–Kier alpha value is -2.73. The van der Waals surface area contributed by atoms with Gasteiger partial charge in [-0.15, -0.1) is 0 Å². The summed E-state index contributed by atoms with van der Waals surface area (Å²) in [6, 6.07) is 10.2. The van der Waals surface area contributed by atoms with Crippen LogP contribution in [0.25, 0.3) is 22.0 Å². The number of hydrogen-bond donors (Lipinski definition) is 0. The highest BCUT2D eigenvalue weighted by Crippen LogP contribution is 2.41. The monoisotopic (exact) mass is 416 g/mol. The van der Waals surface area contributed by atoms with E-state index in [1.165, 1.54) is 11.1 Å². The molecule has 29 heavy (non-hydrogen) atoms. The molecule has 152 valence electrons. The summed E-state index contributed by atoms with van der Waals surface area (Å²) in [4.78, 5) is 0. The minimum atomic E-state index is -0.392. The molecule has 7 heteroatoms. The Morgan fingerprint density at radius 1 is 1.14 bits per heavy atom. The fourth-order valence-electron chi connectivity index (χ4n) is 3.96. The van der Waals surface area contributed by atoms with Crippen LogP contribution in [0.1, 0.15) is 12.0 Å². The predicted octanol–water partition coefficient (Wildman–Crippen LogP) is 0.830. The number of methoxy groups -OCH3 is 1. The number of fused-ring (bicyclic) bond motifs is 5. The van der Waals surface area contributed by atoms with Crippen molar-refractivity contribution in [2.75, 3.05) is 27.2 Å². The van der Waals surface area contributed by atoms with Crippen molar-refractivity contribution in [3.8, 4) is 34.3 Å². The molecule has 0 saturated carbocycles. The molecule has 0 atom stereocenters. The molecule has 1 aromatic heterocycles. The summed E-state index contributed by atoms with van der Waals surface area (Å²) in [6.45, 7) is 1.08. The van der Waals surface area contributed by atoms with Gasteiger partial charge >= 0.3 is 0 Å². The lowest BCUT2D eigenvalue weighted by Crippen LogP contribution is -3.00. The minimum Gasteiger partial charge on any atom is -1.00 e. The van der Waals surface area contributed by atoms with Crippen molar-refractivity contribution in [2.45, 2.75) is 19.4 Å². The van der Waals surface area contributed by atoms with Crippen LogP contribution < -0.4 is 35.9 Å². The van der Waals surface area contributed by atoms with Gasteiger partial charge in [-0.3, -0.25) is 4.39 Å². The van der Waals surface area contributed by atoms with Crippen LogP contribution in [0.3, 0.4) is 0 Å². The highest BCUT2D eigenvalue weighted by Gasteiger charge is 2.28. The maximum atomic E-state index is 12.4. The summed E-state index contributed by atoms with van der Waals surface area (Å²) >= 11 is 0. The van der Waals surface area contributed by atoms with Crippen molar-refractivity contribution in [1.29, 1.82) is 0 Å². The first-order valence-electron chi connectivity index (χ1n) is 9.44. The summed E-state index contributed by atoms with van der Waals surface area (Å²) in [5.41, 5.74) is 3.57. The number of pyridine rings is 1. The summed E-state index contributed by atoms with van der Waals surface area (Å²) in [5, 5.41) is 2.04. The highest BCUT2D eigenvalue weighted by molar-refractivity contribution is 5.91. The standard InChI is InChI=1S/C22H21FNO4.ClH/c1-25-22-17-12-24-7-5-15-10-20-21(28-13-27-20)11-16(15)18(24)9-14(17)3-4-19(22)26-8-2-6-23;/h3-4,9-12H,2,5-8,13H2,1H3;1H/q+1;/p-1/i23-1;. The van der Waals surface area contributed by atoms with Gasteiger partial charge in [-0.2, -0.15) is 4.57 Å². The van der Waals surface area contributed by atoms with Gasteiger partial charge in [0.15, 0.2) is 35.7 Å². The van der Waals surface area contributed by atoms with E-state index in [1.54, 1.807) is 7.11 Å². The number of alkyl halides is 1. The Kier molecular flexibility index (Phi) is 5.37. The van der Waals surface area contributed by atoms with Crippen LogP contribution in [0.4, 0.5) is 4.39 Å². The number of ether oxygens (including phenoxy) is 4. The summed E-state index contributed by atoms with van der Waals surface area (Å²) in [5.74, 6) is 2.94. The number of benzene rings is 2. The van der Waals surface area contributed by atoms with Gasteiger partial charge in [0, 0.05) is 18.9 Å². The van der Waals surface area contributed by atoms with Crippen LogP contribution in [-0.4, -0.2) is 27.2 Å². The average Bonchev–Trinajstić information content (AvgIpc) is 3.18. The SMILES string of the molecule is COc1c(OCCC[18F])ccc2cc3[n+](cc12)CCc1cc2c(cc1-3)OCO2.[Cl-]. The van der Waals surface area contributed by atoms with Crippen molar-refractivity contribution in [2.24, 2.45) is 0 Å². The zero-order valence-electron chi connectivity index (χ0n) is 16.0. The van der Waals surface area contributed by atoms with Gasteiger partial charge < -0.3 is 31.4 Å². The smallest absolute Gasteiger partial charge is 0.231 e. The van der Waals surface area contributed by atoms with E-state index in [2.05, 4.69) is 29.0 Å². The van der Waals surface area contributed by atoms with Gasteiger partial charge in [-0.25, -0.2) is 0 Å². The van der Waals surface area contributed by atoms with Crippen molar-refractivity contribution in [1.82, 2.24) is 0 Å². The molecule has 0 N–H and O–H groups in total. The van der Waals surface area contributed by atoms with Crippen molar-refractivity contribution in [3.05, 3.63) is 42.1 Å². The maximum Gasteiger partial charge on any atom is 0.231 e. The van der Waals surface area contributed by atoms with Crippen LogP contribution in [-0.2, 0) is 13.0 Å². The summed E-state index contributed by atoms with van der Waals surface area (Å²) < 4.78 is 37.1. The van der Waals surface area contributed by atoms with Gasteiger partial charge in [-0.05, 0) is 35.2 Å². The van der Waals surface area contributed by atoms with Crippen LogP contribution >= 0.6 is 0 Å². The number of aromatic nitrogens is 1. The van der Waals surface area contributed by atoms with Crippen LogP contribution in [0.5, 0.6) is 23.0 Å². The molecule has 3 aromatic rings. The molecule has 3 heterocycles. The molecule has 5 nitrogen and oxygen atoms in total. The van der Waals surface area contributed by atoms with Gasteiger partial charge in [0.2, 0.25) is 12.5 Å². The quantitative estimate of drug-likeness (QED) is 0.456. The predicted molar refractivity (Wildman–Crippen MR) is 102 cm³/mol. The van der Waals surface area contributed by atoms with Gasteiger partial charge in [0.25, 0.3) is 0 Å². The number of aryl methyl sites for hydroxylation is 2. The molecule has 0 saturated heterocycles. The minimum absolute atomic E-state index is 0. The fourth-order valence-corrected chi connectivity index (χ4v) is 3.96. The molecule has 2 aromatic carbocycles. The number of rotatable bonds is 5. The average molecular weight is 417 g/mol. The molecule has 0 unspecified atom stereocenters. The van der Waals surface area contributed by atoms with Crippen LogP contribution in [0.2, 0.25) is 0 Å². The molecule has 0 amide bonds. The topological polar surface area (TPSA) is 40.8 Å². The lowest BCUT2D eigenvalue weighted by molar-refractivity contribution is -0.686. The molecule has 0 spiro atoms. The van der Waals surface area contributed by atoms with Gasteiger partial charge in [-0.1, -0.05) is 0 Å². The van der Waals surface area contributed by atoms with E-state index in [0.717, 1.165) is 40.9 Å². The second-order valence-corrected chi connectivity index (χ2v) is 6.96. The third-order valence-electron chi connectivity index (χ3n) is 5.32. The van der Waals surface area contributed by atoms with E-state index >= 15 is 0 Å². The first kappa shape index (κ1) is 19.6. The Balaban J connectivity index is 0.00000205. The molecule has 0 aliphatic carbocycles. The van der Waals surface area contributed by atoms with E-state index in [-0.39, 0.29) is 19.2 Å². The Bertz CT molecular complexity index is 1070. The second-order valence-electron chi connectivity index (χ2n) is 6.96. The third kappa shape index (κ3) is 3.31. The fraction of sp³-hybridized carbons (Fsp3) is 0.318. The van der Waals surface area contributed by atoms with Crippen molar-refractivity contribution >= 4 is 10.8 Å². The number of hydrogen-bond acceptors (Lipinski definition) is 4. The van der Waals surface area contributed by atoms with Gasteiger partial charge in [0.1, 0.15) is 0 Å². The zero-order valence-corrected chi connectivity index (χ0v) is 16.8. The molecule has 5 rings (SSSR count). The van der Waals surface area contributed by atoms with Crippen molar-refractivity contribution in [3.63, 3.8) is 0 Å². The maximum absolute atomic E-state index is 12.4. The molecule has 2 aliphatic heterocycles. The Labute approximate surface area is 174 Å². The van der Waals surface area contributed by atoms with E-state index in [1.807, 2.05) is 12.1 Å². The van der Waals surface area contributed by atoms with Crippen LogP contribution in [0, 0.1) is 0 Å². The lowest BCUT2D eigenvalue weighted by Gasteiger charge is -2.17. The largest absolute Gasteiger partial charge is 1.00 e. The molecule has 0 fully saturated rings. The normalized spacial score (nSPS) is 13.4. The van der Waals surface area contributed by atoms with Gasteiger partial charge in [0.05, 0.1) is 31.3 Å². The second kappa shape index (κ2) is 7.95. The van der Waals surface area contributed by atoms with Crippen LogP contribution in [0.15, 0.2) is 36.5 Å². The Morgan fingerprint density at radius 2 is 1.97 bits per heavy atom. The number of nitrogens with zero attached hydrogens (tertiary/aromatic N) is 1. The zero-order chi connectivity index (χ0) is 19.1. The molecule has 0 bridgehead atoms. The third-order valence-corrected chi connectivity index (χ3v) is 5.32. The molecular weight excluding hydrogens is 396 g/mol. The first-order valence-corrected chi connectivity index (χ1v) is 9.44. The molecule has 0 radical (unpaired) electrons. The first-order chi connectivity index (χ1) is 13.8. The van der Waals surface area contributed by atoms with E-state index in [0.29, 0.717) is 24.5 Å².